The number of phenols is 1. The average Bonchev–Trinajstić information content (AvgIpc) is 2.65. The SMILES string of the molecule is [2H]c1c([2H])c([2H])c(N=Nc2c(O)c([C+]=O)cc3ccccc23)c([2H])c1[2H]. The third kappa shape index (κ3) is 2.48. The zero-order chi connectivity index (χ0) is 19.0. The molecule has 0 spiro atoms. The summed E-state index contributed by atoms with van der Waals surface area (Å²) in [4.78, 5) is 11.0. The van der Waals surface area contributed by atoms with Crippen LogP contribution in [0.1, 0.15) is 12.4 Å². The van der Waals surface area contributed by atoms with E-state index in [9.17, 15) is 9.90 Å². The van der Waals surface area contributed by atoms with E-state index >= 15 is 0 Å². The van der Waals surface area contributed by atoms with Crippen molar-refractivity contribution in [2.24, 2.45) is 10.2 Å². The second-order valence-corrected chi connectivity index (χ2v) is 4.12. The maximum absolute atomic E-state index is 11.0. The molecule has 1 N–H and O–H groups in total. The molecule has 0 heterocycles. The number of phenolic OH excluding ortho intramolecular Hbond substituents is 1. The fourth-order valence-electron chi connectivity index (χ4n) is 1.89. The van der Waals surface area contributed by atoms with Crippen LogP contribution in [0, 0.1) is 0 Å². The molecule has 0 amide bonds. The number of fused-ring (bicyclic) bond motifs is 1. The Balaban J connectivity index is 2.25. The number of azo groups is 1. The van der Waals surface area contributed by atoms with Gasteiger partial charge in [0.25, 0.3) is 11.3 Å². The largest absolute Gasteiger partial charge is 0.446 e. The van der Waals surface area contributed by atoms with E-state index < -0.39 is 36.0 Å². The summed E-state index contributed by atoms with van der Waals surface area (Å²) in [6, 6.07) is 5.61. The summed E-state index contributed by atoms with van der Waals surface area (Å²) in [5.41, 5.74) is -0.521. The number of hydrogen-bond donors (Lipinski definition) is 1. The van der Waals surface area contributed by atoms with Crippen LogP contribution < -0.4 is 0 Å². The van der Waals surface area contributed by atoms with Gasteiger partial charge in [-0.2, -0.15) is 0 Å². The quantitative estimate of drug-likeness (QED) is 0.570. The van der Waals surface area contributed by atoms with Crippen molar-refractivity contribution < 1.29 is 16.8 Å². The highest BCUT2D eigenvalue weighted by Crippen LogP contribution is 2.38. The topological polar surface area (TPSA) is 62.0 Å². The second-order valence-electron chi connectivity index (χ2n) is 4.12. The minimum Gasteiger partial charge on any atom is -0.446 e. The lowest BCUT2D eigenvalue weighted by atomic mass is 10.0. The smallest absolute Gasteiger partial charge is 0.307 e. The van der Waals surface area contributed by atoms with Crippen molar-refractivity contribution in [2.45, 2.75) is 0 Å². The molecule has 0 aliphatic heterocycles. The van der Waals surface area contributed by atoms with Gasteiger partial charge in [0.15, 0.2) is 5.69 Å². The molecule has 0 aliphatic carbocycles. The van der Waals surface area contributed by atoms with Crippen LogP contribution in [0.25, 0.3) is 10.8 Å². The summed E-state index contributed by atoms with van der Waals surface area (Å²) in [6.07, 6.45) is 1.61. The second kappa shape index (κ2) is 5.49. The third-order valence-corrected chi connectivity index (χ3v) is 2.84. The van der Waals surface area contributed by atoms with Crippen molar-refractivity contribution in [2.75, 3.05) is 0 Å². The van der Waals surface area contributed by atoms with Crippen LogP contribution in [0.3, 0.4) is 0 Å². The monoisotopic (exact) mass is 280 g/mol. The Hall–Kier alpha value is -3.10. The van der Waals surface area contributed by atoms with Crippen molar-refractivity contribution in [3.05, 3.63) is 66.1 Å². The fourth-order valence-corrected chi connectivity index (χ4v) is 1.89. The number of benzene rings is 3. The molecule has 21 heavy (non-hydrogen) atoms. The zero-order valence-electron chi connectivity index (χ0n) is 15.6. The Morgan fingerprint density at radius 1 is 1.10 bits per heavy atom. The maximum Gasteiger partial charge on any atom is 0.307 e. The van der Waals surface area contributed by atoms with Gasteiger partial charge >= 0.3 is 6.29 Å². The van der Waals surface area contributed by atoms with Crippen molar-refractivity contribution >= 4 is 28.4 Å². The average molecular weight is 280 g/mol. The lowest BCUT2D eigenvalue weighted by Gasteiger charge is -1.99. The van der Waals surface area contributed by atoms with Gasteiger partial charge in [-0.05, 0) is 24.2 Å². The highest BCUT2D eigenvalue weighted by atomic mass is 16.3. The predicted molar refractivity (Wildman–Crippen MR) is 81.0 cm³/mol. The number of nitrogens with zero attached hydrogens (tertiary/aromatic N) is 2. The molecule has 0 atom stereocenters. The van der Waals surface area contributed by atoms with E-state index in [2.05, 4.69) is 10.2 Å². The molecule has 4 heteroatoms. The van der Waals surface area contributed by atoms with Crippen LogP contribution in [0.4, 0.5) is 11.4 Å². The van der Waals surface area contributed by atoms with Gasteiger partial charge in [0.1, 0.15) is 0 Å². The van der Waals surface area contributed by atoms with Crippen molar-refractivity contribution in [1.82, 2.24) is 0 Å². The Bertz CT molecular complexity index is 1050. The fraction of sp³-hybridized carbons (Fsp3) is 0. The van der Waals surface area contributed by atoms with Gasteiger partial charge in [-0.3, -0.25) is 0 Å². The maximum atomic E-state index is 11.0. The van der Waals surface area contributed by atoms with E-state index in [0.717, 1.165) is 0 Å². The van der Waals surface area contributed by atoms with E-state index in [1.165, 1.54) is 6.07 Å². The molecule has 4 nitrogen and oxygen atoms in total. The summed E-state index contributed by atoms with van der Waals surface area (Å²) in [5, 5.41) is 19.0. The van der Waals surface area contributed by atoms with Crippen LogP contribution in [0.5, 0.6) is 5.75 Å². The first kappa shape index (κ1) is 8.25. The Morgan fingerprint density at radius 3 is 2.62 bits per heavy atom. The van der Waals surface area contributed by atoms with Crippen molar-refractivity contribution in [3.63, 3.8) is 0 Å². The van der Waals surface area contributed by atoms with Gasteiger partial charge in [-0.1, -0.05) is 30.3 Å². The van der Waals surface area contributed by atoms with Gasteiger partial charge in [0, 0.05) is 10.8 Å². The van der Waals surface area contributed by atoms with Crippen LogP contribution in [0.2, 0.25) is 0 Å². The van der Waals surface area contributed by atoms with Crippen LogP contribution >= 0.6 is 0 Å². The first-order valence-electron chi connectivity index (χ1n) is 8.48. The highest BCUT2D eigenvalue weighted by Gasteiger charge is 2.21. The Kier molecular flexibility index (Phi) is 2.16. The van der Waals surface area contributed by atoms with E-state index in [0.29, 0.717) is 10.8 Å². The summed E-state index contributed by atoms with van der Waals surface area (Å²) in [7, 11) is 0. The third-order valence-electron chi connectivity index (χ3n) is 2.84. The molecule has 0 aromatic heterocycles. The first-order chi connectivity index (χ1) is 12.4. The Morgan fingerprint density at radius 2 is 1.86 bits per heavy atom. The zero-order valence-corrected chi connectivity index (χ0v) is 10.6. The molecule has 0 saturated carbocycles. The van der Waals surface area contributed by atoms with Crippen molar-refractivity contribution in [1.29, 1.82) is 0 Å². The molecule has 0 unspecified atom stereocenters. The summed E-state index contributed by atoms with van der Waals surface area (Å²) in [6.45, 7) is 0. The summed E-state index contributed by atoms with van der Waals surface area (Å²) >= 11 is 0. The summed E-state index contributed by atoms with van der Waals surface area (Å²) < 4.78 is 38.6. The van der Waals surface area contributed by atoms with Crippen molar-refractivity contribution in [3.8, 4) is 5.75 Å². The first-order valence-corrected chi connectivity index (χ1v) is 5.98. The van der Waals surface area contributed by atoms with Gasteiger partial charge in [-0.15, -0.1) is 15.0 Å². The predicted octanol–water partition coefficient (Wildman–Crippen LogP) is 4.42. The van der Waals surface area contributed by atoms with Gasteiger partial charge in [-0.25, -0.2) is 0 Å². The van der Waals surface area contributed by atoms with Gasteiger partial charge < -0.3 is 5.11 Å². The molecule has 100 valence electrons. The number of hydrogen-bond acceptors (Lipinski definition) is 4. The Labute approximate surface area is 128 Å². The van der Waals surface area contributed by atoms with Crippen LogP contribution in [-0.2, 0) is 4.79 Å². The molecule has 3 rings (SSSR count). The normalized spacial score (nSPS) is 14.2. The number of rotatable bonds is 3. The lowest BCUT2D eigenvalue weighted by molar-refractivity contribution is 0.474. The molecule has 0 bridgehead atoms. The minimum atomic E-state index is -0.538. The molecule has 0 aliphatic rings. The van der Waals surface area contributed by atoms with E-state index in [4.69, 9.17) is 6.85 Å². The molecule has 3 aromatic rings. The highest BCUT2D eigenvalue weighted by molar-refractivity contribution is 6.01. The molecule has 0 fully saturated rings. The van der Waals surface area contributed by atoms with Gasteiger partial charge in [0.05, 0.1) is 18.6 Å². The number of carbonyl (C=O) groups excluding carboxylic acids is 1. The molecule has 0 saturated heterocycles. The molecule has 3 aromatic carbocycles. The standard InChI is InChI=1S/C17H10N2O2/c20-11-13-10-12-6-4-5-9-15(12)16(17(13)21)19-18-14-7-2-1-3-8-14/h1-10H/p+1/i1D,2D,3D,7D,8D. The molecular weight excluding hydrogens is 264 g/mol. The van der Waals surface area contributed by atoms with Crippen LogP contribution in [-0.4, -0.2) is 11.4 Å². The van der Waals surface area contributed by atoms with Gasteiger partial charge in [0.2, 0.25) is 0 Å². The van der Waals surface area contributed by atoms with Crippen LogP contribution in [0.15, 0.2) is 70.8 Å². The van der Waals surface area contributed by atoms with E-state index in [1.807, 2.05) is 0 Å². The minimum absolute atomic E-state index is 0.0479. The lowest BCUT2D eigenvalue weighted by Crippen LogP contribution is -1.84. The van der Waals surface area contributed by atoms with E-state index in [-0.39, 0.29) is 16.9 Å². The van der Waals surface area contributed by atoms with E-state index in [1.54, 1.807) is 30.6 Å². The molecular formula is C17H11N2O2+. The molecule has 0 radical (unpaired) electrons. The number of aromatic hydroxyl groups is 1. The summed E-state index contributed by atoms with van der Waals surface area (Å²) in [5.74, 6) is -0.449.